The average Bonchev–Trinajstić information content (AvgIpc) is 3.31. The lowest BCUT2D eigenvalue weighted by molar-refractivity contribution is -0.111. The minimum absolute atomic E-state index is 0.212. The molecule has 2 heterocycles. The average molecular weight is 374 g/mol. The van der Waals surface area contributed by atoms with Crippen LogP contribution >= 0.6 is 11.6 Å². The summed E-state index contributed by atoms with van der Waals surface area (Å²) in [6.45, 7) is 0.973. The van der Waals surface area contributed by atoms with E-state index in [-0.39, 0.29) is 5.91 Å². The van der Waals surface area contributed by atoms with Gasteiger partial charge >= 0.3 is 0 Å². The number of nitrogens with one attached hydrogen (secondary N) is 1. The summed E-state index contributed by atoms with van der Waals surface area (Å²) < 4.78 is 13.0. The Morgan fingerprint density at radius 3 is 2.92 bits per heavy atom. The Morgan fingerprint density at radius 1 is 1.27 bits per heavy atom. The van der Waals surface area contributed by atoms with Crippen molar-refractivity contribution >= 4 is 29.4 Å². The van der Waals surface area contributed by atoms with Crippen molar-refractivity contribution < 1.29 is 14.3 Å². The topological polar surface area (TPSA) is 65.4 Å². The smallest absolute Gasteiger partial charge is 0.249 e. The van der Waals surface area contributed by atoms with Gasteiger partial charge in [0.25, 0.3) is 0 Å². The fourth-order valence-electron chi connectivity index (χ4n) is 3.42. The van der Waals surface area contributed by atoms with Crippen LogP contribution < -0.4 is 14.8 Å². The van der Waals surface area contributed by atoms with E-state index in [2.05, 4.69) is 10.4 Å². The molecule has 0 bridgehead atoms. The third kappa shape index (κ3) is 3.55. The SMILES string of the molecule is O=C(/C=C/c1cc(Cl)c2c(c1)OCCO2)Nc1ccnn1C1CCCC1. The summed E-state index contributed by atoms with van der Waals surface area (Å²) in [5.41, 5.74) is 0.777. The second-order valence-electron chi connectivity index (χ2n) is 6.45. The van der Waals surface area contributed by atoms with Crippen LogP contribution in [0, 0.1) is 0 Å². The lowest BCUT2D eigenvalue weighted by atomic mass is 10.1. The number of benzene rings is 1. The Labute approximate surface area is 156 Å². The van der Waals surface area contributed by atoms with Gasteiger partial charge in [0.1, 0.15) is 19.0 Å². The minimum Gasteiger partial charge on any atom is -0.486 e. The quantitative estimate of drug-likeness (QED) is 0.820. The number of hydrogen-bond acceptors (Lipinski definition) is 4. The van der Waals surface area contributed by atoms with E-state index in [0.717, 1.165) is 24.2 Å². The Hall–Kier alpha value is -2.47. The zero-order valence-electron chi connectivity index (χ0n) is 14.3. The molecule has 1 aliphatic heterocycles. The van der Waals surface area contributed by atoms with Crippen LogP contribution in [0.3, 0.4) is 0 Å². The van der Waals surface area contributed by atoms with Gasteiger partial charge in [0, 0.05) is 12.1 Å². The molecule has 1 N–H and O–H groups in total. The molecule has 1 aliphatic carbocycles. The van der Waals surface area contributed by atoms with E-state index in [0.29, 0.717) is 35.8 Å². The summed E-state index contributed by atoms with van der Waals surface area (Å²) in [6.07, 6.45) is 9.54. The molecule has 26 heavy (non-hydrogen) atoms. The molecule has 7 heteroatoms. The highest BCUT2D eigenvalue weighted by Crippen LogP contribution is 2.38. The number of nitrogens with zero attached hydrogens (tertiary/aromatic N) is 2. The molecule has 1 aromatic carbocycles. The molecular weight excluding hydrogens is 354 g/mol. The van der Waals surface area contributed by atoms with Gasteiger partial charge in [0.15, 0.2) is 11.5 Å². The number of carbonyl (C=O) groups excluding carboxylic acids is 1. The van der Waals surface area contributed by atoms with Gasteiger partial charge in [-0.15, -0.1) is 0 Å². The summed E-state index contributed by atoms with van der Waals surface area (Å²) >= 11 is 6.22. The highest BCUT2D eigenvalue weighted by molar-refractivity contribution is 6.32. The summed E-state index contributed by atoms with van der Waals surface area (Å²) in [7, 11) is 0. The summed E-state index contributed by atoms with van der Waals surface area (Å²) in [4.78, 5) is 12.3. The third-order valence-corrected chi connectivity index (χ3v) is 4.92. The molecule has 1 saturated carbocycles. The van der Waals surface area contributed by atoms with Gasteiger partial charge in [0.2, 0.25) is 5.91 Å². The fraction of sp³-hybridized carbons (Fsp3) is 0.368. The van der Waals surface area contributed by atoms with Gasteiger partial charge in [-0.3, -0.25) is 4.79 Å². The molecule has 0 spiro atoms. The van der Waals surface area contributed by atoms with Crippen LogP contribution in [0.5, 0.6) is 11.5 Å². The first-order valence-electron chi connectivity index (χ1n) is 8.82. The Kier molecular flexibility index (Phi) is 4.84. The normalized spacial score (nSPS) is 17.0. The molecular formula is C19H20ClN3O3. The van der Waals surface area contributed by atoms with E-state index in [1.807, 2.05) is 16.8 Å². The summed E-state index contributed by atoms with van der Waals surface area (Å²) in [5, 5.41) is 7.73. The van der Waals surface area contributed by atoms with Gasteiger partial charge in [-0.05, 0) is 36.6 Å². The standard InChI is InChI=1S/C19H20ClN3O3/c20-15-11-13(12-16-19(15)26-10-9-25-16)5-6-18(24)22-17-7-8-21-23(17)14-3-1-2-4-14/h5-8,11-12,14H,1-4,9-10H2,(H,22,24)/b6-5+. The third-order valence-electron chi connectivity index (χ3n) is 4.64. The van der Waals surface area contributed by atoms with E-state index in [1.165, 1.54) is 18.9 Å². The number of anilines is 1. The number of fused-ring (bicyclic) bond motifs is 1. The zero-order chi connectivity index (χ0) is 17.9. The van der Waals surface area contributed by atoms with Gasteiger partial charge < -0.3 is 14.8 Å². The molecule has 0 unspecified atom stereocenters. The molecule has 0 radical (unpaired) electrons. The highest BCUT2D eigenvalue weighted by atomic mass is 35.5. The van der Waals surface area contributed by atoms with Crippen LogP contribution in [0.15, 0.2) is 30.5 Å². The lowest BCUT2D eigenvalue weighted by Gasteiger charge is -2.19. The molecule has 2 aliphatic rings. The molecule has 6 nitrogen and oxygen atoms in total. The Bertz CT molecular complexity index is 841. The highest BCUT2D eigenvalue weighted by Gasteiger charge is 2.20. The van der Waals surface area contributed by atoms with Crippen LogP contribution in [-0.4, -0.2) is 28.9 Å². The number of halogens is 1. The molecule has 2 aromatic rings. The largest absolute Gasteiger partial charge is 0.486 e. The molecule has 136 valence electrons. The van der Waals surface area contributed by atoms with Crippen molar-refractivity contribution in [3.63, 3.8) is 0 Å². The van der Waals surface area contributed by atoms with E-state index in [1.54, 1.807) is 18.3 Å². The zero-order valence-corrected chi connectivity index (χ0v) is 15.0. The predicted octanol–water partition coefficient (Wildman–Crippen LogP) is 4.07. The van der Waals surface area contributed by atoms with Crippen LogP contribution in [0.25, 0.3) is 6.08 Å². The first-order chi connectivity index (χ1) is 12.7. The first kappa shape index (κ1) is 17.0. The molecule has 1 fully saturated rings. The summed E-state index contributed by atoms with van der Waals surface area (Å²) in [6, 6.07) is 5.76. The van der Waals surface area contributed by atoms with Crippen molar-refractivity contribution in [3.8, 4) is 11.5 Å². The van der Waals surface area contributed by atoms with Crippen molar-refractivity contribution in [2.75, 3.05) is 18.5 Å². The number of amides is 1. The number of aromatic nitrogens is 2. The second-order valence-corrected chi connectivity index (χ2v) is 6.86. The fourth-order valence-corrected chi connectivity index (χ4v) is 3.69. The number of hydrogen-bond donors (Lipinski definition) is 1. The first-order valence-corrected chi connectivity index (χ1v) is 9.20. The van der Waals surface area contributed by atoms with E-state index < -0.39 is 0 Å². The van der Waals surface area contributed by atoms with Crippen molar-refractivity contribution in [1.82, 2.24) is 9.78 Å². The van der Waals surface area contributed by atoms with Crippen LogP contribution in [-0.2, 0) is 4.79 Å². The van der Waals surface area contributed by atoms with Crippen molar-refractivity contribution in [2.45, 2.75) is 31.7 Å². The van der Waals surface area contributed by atoms with E-state index in [9.17, 15) is 4.79 Å². The number of rotatable bonds is 4. The molecule has 0 atom stereocenters. The summed E-state index contributed by atoms with van der Waals surface area (Å²) in [5.74, 6) is 1.67. The van der Waals surface area contributed by atoms with Gasteiger partial charge in [-0.2, -0.15) is 5.10 Å². The van der Waals surface area contributed by atoms with Crippen LogP contribution in [0.1, 0.15) is 37.3 Å². The van der Waals surface area contributed by atoms with Crippen LogP contribution in [0.2, 0.25) is 5.02 Å². The maximum absolute atomic E-state index is 12.3. The van der Waals surface area contributed by atoms with E-state index >= 15 is 0 Å². The molecule has 4 rings (SSSR count). The maximum atomic E-state index is 12.3. The molecule has 1 amide bonds. The minimum atomic E-state index is -0.212. The van der Waals surface area contributed by atoms with Crippen molar-refractivity contribution in [1.29, 1.82) is 0 Å². The van der Waals surface area contributed by atoms with Crippen molar-refractivity contribution in [3.05, 3.63) is 41.1 Å². The Morgan fingerprint density at radius 2 is 2.08 bits per heavy atom. The monoisotopic (exact) mass is 373 g/mol. The molecule has 1 aromatic heterocycles. The number of carbonyl (C=O) groups is 1. The number of ether oxygens (including phenoxy) is 2. The van der Waals surface area contributed by atoms with Crippen LogP contribution in [0.4, 0.5) is 5.82 Å². The van der Waals surface area contributed by atoms with Crippen molar-refractivity contribution in [2.24, 2.45) is 0 Å². The van der Waals surface area contributed by atoms with E-state index in [4.69, 9.17) is 21.1 Å². The van der Waals surface area contributed by atoms with Gasteiger partial charge in [-0.1, -0.05) is 24.4 Å². The second kappa shape index (κ2) is 7.41. The molecule has 0 saturated heterocycles. The Balaban J connectivity index is 1.45. The predicted molar refractivity (Wildman–Crippen MR) is 99.8 cm³/mol. The lowest BCUT2D eigenvalue weighted by Crippen LogP contribution is -2.16. The maximum Gasteiger partial charge on any atom is 0.249 e. The van der Waals surface area contributed by atoms with Gasteiger partial charge in [-0.25, -0.2) is 4.68 Å². The van der Waals surface area contributed by atoms with Gasteiger partial charge in [0.05, 0.1) is 17.3 Å².